The van der Waals surface area contributed by atoms with Gasteiger partial charge >= 0.3 is 0 Å². The minimum atomic E-state index is 0.144. The Hall–Kier alpha value is -0.610. The standard InChI is InChI=1S/C10H14BrNO2/c1-8(3-4-13-2)14-10-5-9(11)6-12-7-10/h5-8H,3-4H2,1-2H3. The molecule has 0 aromatic carbocycles. The summed E-state index contributed by atoms with van der Waals surface area (Å²) < 4.78 is 11.5. The highest BCUT2D eigenvalue weighted by Crippen LogP contribution is 2.17. The zero-order valence-corrected chi connectivity index (χ0v) is 9.95. The Morgan fingerprint density at radius 1 is 1.50 bits per heavy atom. The molecule has 1 aromatic rings. The Morgan fingerprint density at radius 3 is 2.93 bits per heavy atom. The molecule has 0 saturated carbocycles. The van der Waals surface area contributed by atoms with Crippen LogP contribution in [0.1, 0.15) is 13.3 Å². The fraction of sp³-hybridized carbons (Fsp3) is 0.500. The number of aromatic nitrogens is 1. The van der Waals surface area contributed by atoms with Gasteiger partial charge < -0.3 is 9.47 Å². The van der Waals surface area contributed by atoms with Gasteiger partial charge in [-0.15, -0.1) is 0 Å². The third-order valence-electron chi connectivity index (χ3n) is 1.75. The normalized spacial score (nSPS) is 12.5. The first-order valence-corrected chi connectivity index (χ1v) is 5.28. The summed E-state index contributed by atoms with van der Waals surface area (Å²) in [5, 5.41) is 0. The van der Waals surface area contributed by atoms with E-state index >= 15 is 0 Å². The molecule has 0 aliphatic rings. The molecule has 0 fully saturated rings. The first-order valence-electron chi connectivity index (χ1n) is 4.48. The van der Waals surface area contributed by atoms with Crippen LogP contribution in [-0.4, -0.2) is 24.8 Å². The molecule has 78 valence electrons. The predicted octanol–water partition coefficient (Wildman–Crippen LogP) is 2.65. The molecule has 4 heteroatoms. The van der Waals surface area contributed by atoms with Crippen molar-refractivity contribution in [2.24, 2.45) is 0 Å². The Morgan fingerprint density at radius 2 is 2.29 bits per heavy atom. The van der Waals surface area contributed by atoms with E-state index in [1.807, 2.05) is 13.0 Å². The number of halogens is 1. The van der Waals surface area contributed by atoms with Crippen molar-refractivity contribution in [3.8, 4) is 5.75 Å². The SMILES string of the molecule is COCCC(C)Oc1cncc(Br)c1. The highest BCUT2D eigenvalue weighted by molar-refractivity contribution is 9.10. The van der Waals surface area contributed by atoms with Gasteiger partial charge in [0.15, 0.2) is 0 Å². The number of hydrogen-bond donors (Lipinski definition) is 0. The van der Waals surface area contributed by atoms with Crippen molar-refractivity contribution in [1.82, 2.24) is 4.98 Å². The second-order valence-corrected chi connectivity index (χ2v) is 3.96. The van der Waals surface area contributed by atoms with E-state index in [4.69, 9.17) is 9.47 Å². The zero-order valence-electron chi connectivity index (χ0n) is 8.37. The average Bonchev–Trinajstić information content (AvgIpc) is 2.15. The summed E-state index contributed by atoms with van der Waals surface area (Å²) in [6, 6.07) is 1.90. The summed E-state index contributed by atoms with van der Waals surface area (Å²) in [6.07, 6.45) is 4.45. The Kier molecular flexibility index (Phi) is 4.90. The first kappa shape index (κ1) is 11.5. The smallest absolute Gasteiger partial charge is 0.139 e. The van der Waals surface area contributed by atoms with Crippen LogP contribution in [0.15, 0.2) is 22.9 Å². The van der Waals surface area contributed by atoms with E-state index < -0.39 is 0 Å². The van der Waals surface area contributed by atoms with Crippen molar-refractivity contribution in [2.45, 2.75) is 19.4 Å². The lowest BCUT2D eigenvalue weighted by molar-refractivity contribution is 0.135. The van der Waals surface area contributed by atoms with Gasteiger partial charge in [0.25, 0.3) is 0 Å². The van der Waals surface area contributed by atoms with E-state index in [1.54, 1.807) is 19.5 Å². The zero-order chi connectivity index (χ0) is 10.4. The van der Waals surface area contributed by atoms with Gasteiger partial charge in [-0.25, -0.2) is 0 Å². The maximum Gasteiger partial charge on any atom is 0.139 e. The van der Waals surface area contributed by atoms with Crippen molar-refractivity contribution in [1.29, 1.82) is 0 Å². The van der Waals surface area contributed by atoms with E-state index in [1.165, 1.54) is 0 Å². The third-order valence-corrected chi connectivity index (χ3v) is 2.18. The van der Waals surface area contributed by atoms with E-state index in [9.17, 15) is 0 Å². The molecular formula is C10H14BrNO2. The number of ether oxygens (including phenoxy) is 2. The number of nitrogens with zero attached hydrogens (tertiary/aromatic N) is 1. The molecular weight excluding hydrogens is 246 g/mol. The Bertz CT molecular complexity index is 281. The van der Waals surface area contributed by atoms with Crippen LogP contribution in [0.2, 0.25) is 0 Å². The van der Waals surface area contributed by atoms with Crippen LogP contribution < -0.4 is 4.74 Å². The maximum absolute atomic E-state index is 5.62. The average molecular weight is 260 g/mol. The van der Waals surface area contributed by atoms with Gasteiger partial charge in [-0.2, -0.15) is 0 Å². The second kappa shape index (κ2) is 5.98. The van der Waals surface area contributed by atoms with Gasteiger partial charge in [0.2, 0.25) is 0 Å². The predicted molar refractivity (Wildman–Crippen MR) is 58.5 cm³/mol. The summed E-state index contributed by atoms with van der Waals surface area (Å²) in [6.45, 7) is 2.72. The first-order chi connectivity index (χ1) is 6.72. The molecule has 0 aliphatic heterocycles. The molecule has 3 nitrogen and oxygen atoms in total. The molecule has 1 aromatic heterocycles. The van der Waals surface area contributed by atoms with Gasteiger partial charge in [0, 0.05) is 30.8 Å². The van der Waals surface area contributed by atoms with Crippen LogP contribution in [0.3, 0.4) is 0 Å². The van der Waals surface area contributed by atoms with Crippen molar-refractivity contribution in [3.05, 3.63) is 22.9 Å². The number of hydrogen-bond acceptors (Lipinski definition) is 3. The Labute approximate surface area is 92.6 Å². The third kappa shape index (κ3) is 4.07. The fourth-order valence-corrected chi connectivity index (χ4v) is 1.38. The van der Waals surface area contributed by atoms with Gasteiger partial charge in [-0.3, -0.25) is 4.98 Å². The van der Waals surface area contributed by atoms with Crippen molar-refractivity contribution in [2.75, 3.05) is 13.7 Å². The van der Waals surface area contributed by atoms with Gasteiger partial charge in [0.05, 0.1) is 12.3 Å². The van der Waals surface area contributed by atoms with Gasteiger partial charge in [-0.1, -0.05) is 0 Å². The van der Waals surface area contributed by atoms with Crippen LogP contribution in [0.4, 0.5) is 0 Å². The van der Waals surface area contributed by atoms with Crippen LogP contribution in [-0.2, 0) is 4.74 Å². The number of methoxy groups -OCH3 is 1. The minimum Gasteiger partial charge on any atom is -0.489 e. The summed E-state index contributed by atoms with van der Waals surface area (Å²) in [4.78, 5) is 4.01. The molecule has 0 saturated heterocycles. The van der Waals surface area contributed by atoms with Crippen LogP contribution >= 0.6 is 15.9 Å². The van der Waals surface area contributed by atoms with Crippen LogP contribution in [0.5, 0.6) is 5.75 Å². The van der Waals surface area contributed by atoms with E-state index in [0.29, 0.717) is 6.61 Å². The summed E-state index contributed by atoms with van der Waals surface area (Å²) >= 11 is 3.34. The lowest BCUT2D eigenvalue weighted by Gasteiger charge is -2.13. The molecule has 1 atom stereocenters. The van der Waals surface area contributed by atoms with Crippen molar-refractivity contribution >= 4 is 15.9 Å². The Balaban J connectivity index is 2.43. The van der Waals surface area contributed by atoms with Gasteiger partial charge in [-0.05, 0) is 28.9 Å². The highest BCUT2D eigenvalue weighted by Gasteiger charge is 2.03. The maximum atomic E-state index is 5.62. The molecule has 1 unspecified atom stereocenters. The molecule has 0 aliphatic carbocycles. The van der Waals surface area contributed by atoms with Crippen molar-refractivity contribution in [3.63, 3.8) is 0 Å². The van der Waals surface area contributed by atoms with Crippen LogP contribution in [0, 0.1) is 0 Å². The van der Waals surface area contributed by atoms with E-state index in [0.717, 1.165) is 16.6 Å². The molecule has 0 N–H and O–H groups in total. The lowest BCUT2D eigenvalue weighted by atomic mass is 10.3. The molecule has 0 spiro atoms. The number of pyridine rings is 1. The van der Waals surface area contributed by atoms with Gasteiger partial charge in [0.1, 0.15) is 5.75 Å². The summed E-state index contributed by atoms with van der Waals surface area (Å²) in [5.74, 6) is 0.781. The molecule has 0 bridgehead atoms. The molecule has 14 heavy (non-hydrogen) atoms. The van der Waals surface area contributed by atoms with E-state index in [-0.39, 0.29) is 6.10 Å². The van der Waals surface area contributed by atoms with E-state index in [2.05, 4.69) is 20.9 Å². The largest absolute Gasteiger partial charge is 0.489 e. The lowest BCUT2D eigenvalue weighted by Crippen LogP contribution is -2.14. The summed E-state index contributed by atoms with van der Waals surface area (Å²) in [7, 11) is 1.69. The highest BCUT2D eigenvalue weighted by atomic mass is 79.9. The molecule has 0 radical (unpaired) electrons. The van der Waals surface area contributed by atoms with Crippen molar-refractivity contribution < 1.29 is 9.47 Å². The second-order valence-electron chi connectivity index (χ2n) is 3.05. The molecule has 1 rings (SSSR count). The fourth-order valence-electron chi connectivity index (χ4n) is 1.03. The minimum absolute atomic E-state index is 0.144. The monoisotopic (exact) mass is 259 g/mol. The number of rotatable bonds is 5. The topological polar surface area (TPSA) is 31.4 Å². The molecule has 0 amide bonds. The molecule has 1 heterocycles. The van der Waals surface area contributed by atoms with Crippen LogP contribution in [0.25, 0.3) is 0 Å². The summed E-state index contributed by atoms with van der Waals surface area (Å²) in [5.41, 5.74) is 0. The quantitative estimate of drug-likeness (QED) is 0.815.